The molecule has 0 bridgehead atoms. The normalized spacial score (nSPS) is 17.4. The van der Waals surface area contributed by atoms with Crippen molar-refractivity contribution in [1.29, 1.82) is 0 Å². The monoisotopic (exact) mass is 688 g/mol. The molecule has 1 saturated carbocycles. The fourth-order valence-electron chi connectivity index (χ4n) is 6.62. The van der Waals surface area contributed by atoms with Gasteiger partial charge in [0.2, 0.25) is 0 Å². The Labute approximate surface area is 289 Å². The molecule has 3 amide bonds. The molecule has 0 saturated heterocycles. The topological polar surface area (TPSA) is 133 Å². The number of pyridine rings is 1. The molecule has 6 rings (SSSR count). The number of hydrogen-bond acceptors (Lipinski definition) is 7. The van der Waals surface area contributed by atoms with Gasteiger partial charge in [-0.25, -0.2) is 23.2 Å². The minimum absolute atomic E-state index is 0.0126. The molecule has 2 aliphatic rings. The number of anilines is 1. The van der Waals surface area contributed by atoms with E-state index in [4.69, 9.17) is 25.3 Å². The minimum Gasteiger partial charge on any atom is -0.482 e. The number of hydrogen-bond donors (Lipinski definition) is 1. The molecular formula is C37H42F2N6O5. The smallest absolute Gasteiger partial charge is 0.410 e. The average molecular weight is 689 g/mol. The fraction of sp³-hybridized carbons (Fsp3) is 0.432. The summed E-state index contributed by atoms with van der Waals surface area (Å²) in [6.45, 7) is 9.93. The maximum absolute atomic E-state index is 14.0. The van der Waals surface area contributed by atoms with Crippen molar-refractivity contribution in [1.82, 2.24) is 19.7 Å². The average Bonchev–Trinajstić information content (AvgIpc) is 3.41. The number of nitrogens with two attached hydrogens (primary N) is 1. The van der Waals surface area contributed by atoms with Crippen LogP contribution >= 0.6 is 0 Å². The van der Waals surface area contributed by atoms with Gasteiger partial charge in [-0.05, 0) is 87.3 Å². The van der Waals surface area contributed by atoms with Crippen LogP contribution < -0.4 is 15.4 Å². The zero-order chi connectivity index (χ0) is 36.1. The molecule has 2 N–H and O–H groups in total. The number of benzene rings is 2. The van der Waals surface area contributed by atoms with Crippen molar-refractivity contribution in [3.8, 4) is 16.9 Å². The predicted octanol–water partition coefficient (Wildman–Crippen LogP) is 6.25. The number of carbonyl (C=O) groups excluding carboxylic acids is 3. The first kappa shape index (κ1) is 34.8. The SMILES string of the molecule is CC(C)Cc1nc2c(cnn2CC2CC(N(C)C(=O)OC(C)(C)C)C2)c(-c2ccc3c(c2)OCC(=O)N3Cc2ccc(F)c(F)c2)c1C(N)=O. The van der Waals surface area contributed by atoms with Crippen LogP contribution in [0, 0.1) is 23.5 Å². The summed E-state index contributed by atoms with van der Waals surface area (Å²) in [7, 11) is 1.76. The summed E-state index contributed by atoms with van der Waals surface area (Å²) in [4.78, 5) is 46.7. The highest BCUT2D eigenvalue weighted by Gasteiger charge is 2.37. The molecule has 2 aromatic heterocycles. The van der Waals surface area contributed by atoms with E-state index in [-0.39, 0.29) is 43.0 Å². The van der Waals surface area contributed by atoms with Crippen molar-refractivity contribution >= 4 is 34.6 Å². The first-order valence-corrected chi connectivity index (χ1v) is 16.7. The molecule has 264 valence electrons. The lowest BCUT2D eigenvalue weighted by Crippen LogP contribution is -2.48. The Balaban J connectivity index is 1.34. The zero-order valence-electron chi connectivity index (χ0n) is 29.1. The van der Waals surface area contributed by atoms with Crippen LogP contribution in [0.1, 0.15) is 69.1 Å². The molecule has 1 fully saturated rings. The summed E-state index contributed by atoms with van der Waals surface area (Å²) in [6.07, 6.45) is 3.40. The highest BCUT2D eigenvalue weighted by molar-refractivity contribution is 6.09. The first-order chi connectivity index (χ1) is 23.6. The molecule has 1 aliphatic carbocycles. The van der Waals surface area contributed by atoms with Crippen molar-refractivity contribution in [3.63, 3.8) is 0 Å². The van der Waals surface area contributed by atoms with Crippen LogP contribution in [-0.2, 0) is 29.0 Å². The summed E-state index contributed by atoms with van der Waals surface area (Å²) < 4.78 is 40.8. The molecule has 4 aromatic rings. The summed E-state index contributed by atoms with van der Waals surface area (Å²) in [5.74, 6) is -2.13. The first-order valence-electron chi connectivity index (χ1n) is 16.7. The predicted molar refractivity (Wildman–Crippen MR) is 184 cm³/mol. The molecule has 13 heteroatoms. The quantitative estimate of drug-likeness (QED) is 0.220. The molecular weight excluding hydrogens is 646 g/mol. The molecule has 11 nitrogen and oxygen atoms in total. The Bertz CT molecular complexity index is 1980. The largest absolute Gasteiger partial charge is 0.482 e. The number of nitrogens with zero attached hydrogens (tertiary/aromatic N) is 5. The summed E-state index contributed by atoms with van der Waals surface area (Å²) in [6, 6.07) is 8.82. The Hall–Kier alpha value is -5.07. The van der Waals surface area contributed by atoms with Gasteiger partial charge >= 0.3 is 6.09 Å². The van der Waals surface area contributed by atoms with E-state index in [9.17, 15) is 23.2 Å². The molecule has 0 atom stereocenters. The van der Waals surface area contributed by atoms with Crippen molar-refractivity contribution in [2.24, 2.45) is 17.6 Å². The van der Waals surface area contributed by atoms with Crippen LogP contribution in [0.4, 0.5) is 19.3 Å². The van der Waals surface area contributed by atoms with Crippen LogP contribution in [-0.4, -0.2) is 62.9 Å². The lowest BCUT2D eigenvalue weighted by molar-refractivity contribution is -0.121. The summed E-state index contributed by atoms with van der Waals surface area (Å²) in [5, 5.41) is 5.34. The summed E-state index contributed by atoms with van der Waals surface area (Å²) in [5.41, 5.74) is 8.98. The molecule has 1 aliphatic heterocycles. The Kier molecular flexibility index (Phi) is 9.27. The second kappa shape index (κ2) is 13.3. The van der Waals surface area contributed by atoms with Crippen LogP contribution in [0.25, 0.3) is 22.2 Å². The van der Waals surface area contributed by atoms with Crippen LogP contribution in [0.15, 0.2) is 42.6 Å². The third-order valence-corrected chi connectivity index (χ3v) is 9.10. The van der Waals surface area contributed by atoms with E-state index in [2.05, 4.69) is 0 Å². The van der Waals surface area contributed by atoms with Gasteiger partial charge in [-0.15, -0.1) is 0 Å². The number of aromatic nitrogens is 3. The molecule has 0 spiro atoms. The van der Waals surface area contributed by atoms with Gasteiger partial charge in [0.15, 0.2) is 23.9 Å². The van der Waals surface area contributed by atoms with Gasteiger partial charge in [0.25, 0.3) is 11.8 Å². The van der Waals surface area contributed by atoms with E-state index in [1.54, 1.807) is 36.3 Å². The van der Waals surface area contributed by atoms with Crippen molar-refractivity contribution < 1.29 is 32.6 Å². The highest BCUT2D eigenvalue weighted by atomic mass is 19.2. The van der Waals surface area contributed by atoms with E-state index in [0.29, 0.717) is 63.4 Å². The van der Waals surface area contributed by atoms with Crippen molar-refractivity contribution in [3.05, 3.63) is 71.1 Å². The number of amides is 3. The number of carbonyl (C=O) groups is 3. The number of primary amides is 1. The molecule has 0 unspecified atom stereocenters. The lowest BCUT2D eigenvalue weighted by Gasteiger charge is -2.41. The van der Waals surface area contributed by atoms with Crippen molar-refractivity contribution in [2.75, 3.05) is 18.6 Å². The van der Waals surface area contributed by atoms with Gasteiger partial charge in [-0.2, -0.15) is 5.10 Å². The maximum Gasteiger partial charge on any atom is 0.410 e. The van der Waals surface area contributed by atoms with Gasteiger partial charge in [0.1, 0.15) is 11.4 Å². The van der Waals surface area contributed by atoms with Gasteiger partial charge in [-0.3, -0.25) is 9.59 Å². The van der Waals surface area contributed by atoms with Gasteiger partial charge < -0.3 is 25.0 Å². The van der Waals surface area contributed by atoms with E-state index in [1.807, 2.05) is 39.3 Å². The third-order valence-electron chi connectivity index (χ3n) is 9.10. The summed E-state index contributed by atoms with van der Waals surface area (Å²) >= 11 is 0. The van der Waals surface area contributed by atoms with Gasteiger partial charge in [0, 0.05) is 30.6 Å². The Morgan fingerprint density at radius 2 is 1.86 bits per heavy atom. The minimum atomic E-state index is -0.998. The molecule has 2 aromatic carbocycles. The molecule has 0 radical (unpaired) electrons. The Morgan fingerprint density at radius 3 is 2.52 bits per heavy atom. The molecule has 3 heterocycles. The lowest BCUT2D eigenvalue weighted by atomic mass is 9.79. The zero-order valence-corrected chi connectivity index (χ0v) is 29.1. The second-order valence-electron chi connectivity index (χ2n) is 14.6. The third kappa shape index (κ3) is 6.99. The number of fused-ring (bicyclic) bond motifs is 2. The standard InChI is InChI=1S/C37H42F2N6O5/c1-20(2)11-28-33(34(40)47)32(23-8-10-29-30(15-23)49-19-31(46)44(29)17-21-7-9-26(38)27(39)14-21)25-16-41-45(35(25)42-28)18-22-12-24(13-22)43(6)36(48)50-37(3,4)5/h7-10,14-16,20,22,24H,11-13,17-19H2,1-6H3,(H2,40,47). The van der Waals surface area contributed by atoms with Crippen LogP contribution in [0.3, 0.4) is 0 Å². The van der Waals surface area contributed by atoms with E-state index >= 15 is 0 Å². The number of ether oxygens (including phenoxy) is 2. The van der Waals surface area contributed by atoms with Gasteiger partial charge in [0.05, 0.1) is 29.7 Å². The maximum atomic E-state index is 14.0. The van der Waals surface area contributed by atoms with E-state index in [0.717, 1.165) is 25.0 Å². The Morgan fingerprint density at radius 1 is 1.12 bits per heavy atom. The highest BCUT2D eigenvalue weighted by Crippen LogP contribution is 2.41. The van der Waals surface area contributed by atoms with Crippen LogP contribution in [0.2, 0.25) is 0 Å². The van der Waals surface area contributed by atoms with Crippen molar-refractivity contribution in [2.45, 2.75) is 78.6 Å². The van der Waals surface area contributed by atoms with Gasteiger partial charge in [-0.1, -0.05) is 26.0 Å². The van der Waals surface area contributed by atoms with E-state index in [1.165, 1.54) is 11.0 Å². The second-order valence-corrected chi connectivity index (χ2v) is 14.6. The van der Waals surface area contributed by atoms with Crippen LogP contribution in [0.5, 0.6) is 5.75 Å². The molecule has 50 heavy (non-hydrogen) atoms. The fourth-order valence-corrected chi connectivity index (χ4v) is 6.62. The number of halogens is 2. The van der Waals surface area contributed by atoms with E-state index < -0.39 is 23.1 Å². The number of rotatable bonds is 9.